The predicted molar refractivity (Wildman–Crippen MR) is 151 cm³/mol. The Morgan fingerprint density at radius 1 is 1.18 bits per heavy atom. The Balaban J connectivity index is 1.37. The van der Waals surface area contributed by atoms with Crippen LogP contribution in [0.25, 0.3) is 11.0 Å². The summed E-state index contributed by atoms with van der Waals surface area (Å²) < 4.78 is 74.1. The molecule has 2 aliphatic rings. The third-order valence-electron chi connectivity index (χ3n) is 8.28. The van der Waals surface area contributed by atoms with E-state index in [0.717, 1.165) is 25.3 Å². The molecule has 9 nitrogen and oxygen atoms in total. The van der Waals surface area contributed by atoms with Crippen molar-refractivity contribution in [2.24, 2.45) is 11.8 Å². The molecule has 1 aromatic carbocycles. The van der Waals surface area contributed by atoms with Gasteiger partial charge in [-0.3, -0.25) is 14.3 Å². The zero-order valence-electron chi connectivity index (χ0n) is 24.8. The minimum Gasteiger partial charge on any atom is -0.364 e. The first-order chi connectivity index (χ1) is 20.8. The van der Waals surface area contributed by atoms with Gasteiger partial charge in [-0.05, 0) is 69.2 Å². The molecule has 0 radical (unpaired) electrons. The van der Waals surface area contributed by atoms with E-state index in [1.165, 1.54) is 16.9 Å². The summed E-state index contributed by atoms with van der Waals surface area (Å²) in [5.74, 6) is -3.43. The van der Waals surface area contributed by atoms with Gasteiger partial charge in [0.1, 0.15) is 24.2 Å². The minimum atomic E-state index is -3.11. The van der Waals surface area contributed by atoms with Crippen molar-refractivity contribution in [3.05, 3.63) is 47.5 Å². The molecular weight excluding hydrogens is 587 g/mol. The lowest BCUT2D eigenvalue weighted by Crippen LogP contribution is -2.43. The fourth-order valence-corrected chi connectivity index (χ4v) is 5.49. The van der Waals surface area contributed by atoms with Gasteiger partial charge in [0.15, 0.2) is 5.60 Å². The third-order valence-corrected chi connectivity index (χ3v) is 8.28. The molecule has 5 rings (SSSR count). The Bertz CT molecular complexity index is 1480. The summed E-state index contributed by atoms with van der Waals surface area (Å²) in [5.41, 5.74) is -0.283. The van der Waals surface area contributed by atoms with Crippen molar-refractivity contribution < 1.29 is 36.3 Å². The molecular formula is C30H37F5N6O3. The molecule has 0 spiro atoms. The highest BCUT2D eigenvalue weighted by molar-refractivity contribution is 5.92. The van der Waals surface area contributed by atoms with E-state index in [-0.39, 0.29) is 60.6 Å². The number of aromatic nitrogens is 4. The zero-order valence-corrected chi connectivity index (χ0v) is 24.8. The molecule has 2 fully saturated rings. The highest BCUT2D eigenvalue weighted by Gasteiger charge is 2.46. The number of carbonyl (C=O) groups is 2. The van der Waals surface area contributed by atoms with Gasteiger partial charge in [0.25, 0.3) is 12.3 Å². The predicted octanol–water partition coefficient (Wildman–Crippen LogP) is 5.82. The highest BCUT2D eigenvalue weighted by atomic mass is 19.3. The summed E-state index contributed by atoms with van der Waals surface area (Å²) in [5, 5.41) is 9.93. The number of amides is 2. The number of imidazole rings is 1. The quantitative estimate of drug-likeness (QED) is 0.196. The number of carbonyl (C=O) groups excluding carboxylic acids is 2. The maximum Gasteiger partial charge on any atom is 0.270 e. The van der Waals surface area contributed by atoms with Crippen molar-refractivity contribution in [2.75, 3.05) is 13.3 Å². The zero-order chi connectivity index (χ0) is 31.8. The molecule has 2 aliphatic carbocycles. The fourth-order valence-electron chi connectivity index (χ4n) is 5.49. The number of hydrogen-bond donors (Lipinski definition) is 3. The van der Waals surface area contributed by atoms with Crippen molar-refractivity contribution in [1.29, 1.82) is 0 Å². The van der Waals surface area contributed by atoms with Crippen LogP contribution in [0.1, 0.15) is 92.9 Å². The Morgan fingerprint density at radius 2 is 1.91 bits per heavy atom. The molecule has 44 heavy (non-hydrogen) atoms. The number of hydrogen-bond acceptors (Lipinski definition) is 5. The van der Waals surface area contributed by atoms with E-state index >= 15 is 0 Å². The van der Waals surface area contributed by atoms with Gasteiger partial charge in [-0.25, -0.2) is 26.9 Å². The maximum absolute atomic E-state index is 13.6. The lowest BCUT2D eigenvalue weighted by molar-refractivity contribution is -0.143. The van der Waals surface area contributed by atoms with Crippen LogP contribution in [-0.4, -0.2) is 62.8 Å². The summed E-state index contributed by atoms with van der Waals surface area (Å²) in [4.78, 5) is 33.6. The van der Waals surface area contributed by atoms with Gasteiger partial charge in [-0.2, -0.15) is 5.10 Å². The molecule has 0 aliphatic heterocycles. The third kappa shape index (κ3) is 7.05. The van der Waals surface area contributed by atoms with Gasteiger partial charge in [0, 0.05) is 31.5 Å². The van der Waals surface area contributed by atoms with Crippen molar-refractivity contribution in [1.82, 2.24) is 30.4 Å². The molecule has 2 saturated carbocycles. The summed E-state index contributed by atoms with van der Waals surface area (Å²) in [7, 11) is 0. The van der Waals surface area contributed by atoms with Crippen LogP contribution in [0.5, 0.6) is 0 Å². The molecule has 2 amide bonds. The summed E-state index contributed by atoms with van der Waals surface area (Å²) in [6.07, 6.45) is -0.330. The van der Waals surface area contributed by atoms with E-state index in [2.05, 4.69) is 25.7 Å². The normalized spacial score (nSPS) is 19.5. The van der Waals surface area contributed by atoms with Gasteiger partial charge < -0.3 is 20.4 Å². The average Bonchev–Trinajstić information content (AvgIpc) is 3.49. The smallest absolute Gasteiger partial charge is 0.270 e. The Hall–Kier alpha value is -3.55. The number of benzene rings is 1. The van der Waals surface area contributed by atoms with E-state index in [4.69, 9.17) is 4.74 Å². The monoisotopic (exact) mass is 624 g/mol. The lowest BCUT2D eigenvalue weighted by atomic mass is 9.79. The molecule has 240 valence electrons. The van der Waals surface area contributed by atoms with E-state index in [9.17, 15) is 31.5 Å². The topological polar surface area (TPSA) is 114 Å². The van der Waals surface area contributed by atoms with Crippen molar-refractivity contribution in [3.63, 3.8) is 0 Å². The molecule has 0 bridgehead atoms. The highest BCUT2D eigenvalue weighted by Crippen LogP contribution is 2.45. The molecule has 0 saturated heterocycles. The molecule has 1 unspecified atom stereocenters. The van der Waals surface area contributed by atoms with Crippen molar-refractivity contribution >= 4 is 22.8 Å². The lowest BCUT2D eigenvalue weighted by Gasteiger charge is -2.34. The molecule has 14 heteroatoms. The van der Waals surface area contributed by atoms with E-state index in [1.54, 1.807) is 6.07 Å². The number of nitrogens with zero attached hydrogens (tertiary/aromatic N) is 3. The first-order valence-electron chi connectivity index (χ1n) is 14.8. The van der Waals surface area contributed by atoms with Crippen LogP contribution in [0, 0.1) is 11.8 Å². The van der Waals surface area contributed by atoms with Crippen LogP contribution in [0.4, 0.5) is 22.0 Å². The number of nitrogens with one attached hydrogen (secondary N) is 3. The van der Waals surface area contributed by atoms with Crippen molar-refractivity contribution in [2.45, 2.75) is 88.9 Å². The number of ether oxygens (including phenoxy) is 1. The number of alkyl halides is 5. The first-order valence-corrected chi connectivity index (χ1v) is 14.8. The molecule has 3 aromatic rings. The number of fused-ring (bicyclic) bond motifs is 1. The number of aromatic amines is 1. The van der Waals surface area contributed by atoms with E-state index in [1.807, 2.05) is 26.0 Å². The van der Waals surface area contributed by atoms with E-state index < -0.39 is 43.2 Å². The van der Waals surface area contributed by atoms with Crippen LogP contribution in [0.15, 0.2) is 30.5 Å². The Labute approximate surface area is 251 Å². The van der Waals surface area contributed by atoms with Crippen LogP contribution < -0.4 is 10.6 Å². The number of rotatable bonds is 14. The minimum absolute atomic E-state index is 0.0444. The number of halogens is 5. The van der Waals surface area contributed by atoms with Gasteiger partial charge in [0.05, 0.1) is 23.7 Å². The van der Waals surface area contributed by atoms with Crippen LogP contribution in [-0.2, 0) is 9.53 Å². The second-order valence-corrected chi connectivity index (χ2v) is 12.5. The van der Waals surface area contributed by atoms with Gasteiger partial charge in [-0.1, -0.05) is 6.07 Å². The average molecular weight is 625 g/mol. The molecule has 2 heterocycles. The Morgan fingerprint density at radius 3 is 2.52 bits per heavy atom. The van der Waals surface area contributed by atoms with Gasteiger partial charge in [-0.15, -0.1) is 0 Å². The molecule has 2 aromatic heterocycles. The standard InChI is InChI=1S/C30H37F5N6O3/c1-16(2)41-23(8-9-36-41)27(43)39-22(14-44-29(3,15-31)28(32)33)26-37-20-7-6-19(11-21(20)38-26)25(18-4-5-18)40-24(42)10-17-12-30(34,35)13-17/h6-9,11,16-18,22,25,28H,4-5,10,12-15H2,1-3H3,(H,37,38)(H,39,43)(H,40,42)/t22-,25-,29?/m1/s1. The van der Waals surface area contributed by atoms with Crippen LogP contribution >= 0.6 is 0 Å². The van der Waals surface area contributed by atoms with Gasteiger partial charge in [0.2, 0.25) is 11.8 Å². The summed E-state index contributed by atoms with van der Waals surface area (Å²) in [6.45, 7) is 2.71. The maximum atomic E-state index is 13.6. The summed E-state index contributed by atoms with van der Waals surface area (Å²) >= 11 is 0. The Kier molecular flexibility index (Phi) is 9.01. The second kappa shape index (κ2) is 12.4. The SMILES string of the molecule is CC(C)n1nccc1C(=O)N[C@H](COC(C)(CF)C(F)F)c1nc2ccc([C@H](NC(=O)CC3CC(F)(F)C3)C3CC3)cc2[nH]1. The van der Waals surface area contributed by atoms with Crippen LogP contribution in [0.2, 0.25) is 0 Å². The second-order valence-electron chi connectivity index (χ2n) is 12.5. The number of H-pyrrole nitrogens is 1. The fraction of sp³-hybridized carbons (Fsp3) is 0.600. The summed E-state index contributed by atoms with van der Waals surface area (Å²) in [6, 6.07) is 5.38. The van der Waals surface area contributed by atoms with E-state index in [0.29, 0.717) is 11.0 Å². The molecule has 3 atom stereocenters. The first kappa shape index (κ1) is 31.9. The van der Waals surface area contributed by atoms with Crippen molar-refractivity contribution in [3.8, 4) is 0 Å². The van der Waals surface area contributed by atoms with Crippen LogP contribution in [0.3, 0.4) is 0 Å². The van der Waals surface area contributed by atoms with Gasteiger partial charge >= 0.3 is 0 Å². The largest absolute Gasteiger partial charge is 0.364 e. The molecule has 3 N–H and O–H groups in total.